The van der Waals surface area contributed by atoms with E-state index >= 15 is 0 Å². The summed E-state index contributed by atoms with van der Waals surface area (Å²) >= 11 is 0. The molecule has 0 aliphatic carbocycles. The molecule has 1 fully saturated rings. The molecule has 1 atom stereocenters. The van der Waals surface area contributed by atoms with E-state index in [9.17, 15) is 0 Å². The Labute approximate surface area is 112 Å². The maximum atomic E-state index is 5.68. The van der Waals surface area contributed by atoms with Crippen molar-refractivity contribution in [2.45, 2.75) is 50.9 Å². The van der Waals surface area contributed by atoms with Gasteiger partial charge in [-0.1, -0.05) is 26.1 Å². The Morgan fingerprint density at radius 1 is 1.22 bits per heavy atom. The largest absolute Gasteiger partial charge is 0.469 e. The third-order valence-corrected chi connectivity index (χ3v) is 6.78. The monoisotopic (exact) mass is 265 g/mol. The van der Waals surface area contributed by atoms with Gasteiger partial charge in [0.2, 0.25) is 0 Å². The summed E-state index contributed by atoms with van der Waals surface area (Å²) in [4.78, 5) is 2.64. The zero-order valence-corrected chi connectivity index (χ0v) is 13.1. The van der Waals surface area contributed by atoms with Gasteiger partial charge in [-0.2, -0.15) is 0 Å². The number of nitrogens with zero attached hydrogens (tertiary/aromatic N) is 1. The highest BCUT2D eigenvalue weighted by Crippen LogP contribution is 2.31. The van der Waals surface area contributed by atoms with E-state index < -0.39 is 8.07 Å². The first-order valence-corrected chi connectivity index (χ1v) is 10.9. The highest BCUT2D eigenvalue weighted by Gasteiger charge is 2.30. The van der Waals surface area contributed by atoms with Crippen molar-refractivity contribution in [2.75, 3.05) is 19.6 Å². The van der Waals surface area contributed by atoms with Crippen LogP contribution in [-0.2, 0) is 0 Å². The maximum absolute atomic E-state index is 5.68. The molecule has 0 bridgehead atoms. The van der Waals surface area contributed by atoms with Gasteiger partial charge in [-0.15, -0.1) is 0 Å². The molecule has 0 aromatic carbocycles. The Kier molecular flexibility index (Phi) is 4.68. The maximum Gasteiger partial charge on any atom is 0.104 e. The molecule has 0 radical (unpaired) electrons. The van der Waals surface area contributed by atoms with Crippen molar-refractivity contribution < 1.29 is 4.42 Å². The summed E-state index contributed by atoms with van der Waals surface area (Å²) < 4.78 is 5.68. The lowest BCUT2D eigenvalue weighted by molar-refractivity contribution is 0.223. The smallest absolute Gasteiger partial charge is 0.104 e. The first-order valence-electron chi connectivity index (χ1n) is 7.33. The van der Waals surface area contributed by atoms with Gasteiger partial charge in [-0.05, 0) is 51.0 Å². The van der Waals surface area contributed by atoms with Crippen LogP contribution in [0.5, 0.6) is 0 Å². The average molecular weight is 265 g/mol. The quantitative estimate of drug-likeness (QED) is 0.745. The first kappa shape index (κ1) is 13.9. The van der Waals surface area contributed by atoms with Gasteiger partial charge in [0.25, 0.3) is 0 Å². The number of hydrogen-bond donors (Lipinski definition) is 0. The third-order valence-electron chi connectivity index (χ3n) is 4.11. The lowest BCUT2D eigenvalue weighted by Crippen LogP contribution is -2.36. The minimum absolute atomic E-state index is 0.662. The molecule has 1 unspecified atom stereocenters. The molecule has 0 saturated carbocycles. The van der Waals surface area contributed by atoms with Crippen molar-refractivity contribution in [1.29, 1.82) is 0 Å². The Morgan fingerprint density at radius 2 is 1.94 bits per heavy atom. The second-order valence-electron chi connectivity index (χ2n) is 6.63. The summed E-state index contributed by atoms with van der Waals surface area (Å²) in [7, 11) is -1.20. The number of piperidine rings is 1. The molecule has 1 aliphatic rings. The first-order chi connectivity index (χ1) is 8.57. The van der Waals surface area contributed by atoms with Crippen molar-refractivity contribution in [1.82, 2.24) is 4.90 Å². The molecule has 2 nitrogen and oxygen atoms in total. The van der Waals surface area contributed by atoms with Crippen LogP contribution in [0.2, 0.25) is 19.6 Å². The molecule has 1 saturated heterocycles. The summed E-state index contributed by atoms with van der Waals surface area (Å²) in [5.74, 6) is 1.21. The molecule has 2 heterocycles. The number of likely N-dealkylation sites (tertiary alicyclic amines) is 1. The van der Waals surface area contributed by atoms with E-state index in [1.54, 1.807) is 0 Å². The van der Waals surface area contributed by atoms with Gasteiger partial charge in [0.05, 0.1) is 14.3 Å². The summed E-state index contributed by atoms with van der Waals surface area (Å²) in [6, 6.07) is 4.20. The minimum Gasteiger partial charge on any atom is -0.469 e. The summed E-state index contributed by atoms with van der Waals surface area (Å²) in [5, 5.41) is 0. The van der Waals surface area contributed by atoms with Crippen LogP contribution in [0.3, 0.4) is 0 Å². The SMILES string of the molecule is C[Si](C)(C)C(CCN1CCCCC1)c1ccco1. The van der Waals surface area contributed by atoms with Crippen LogP contribution in [0.25, 0.3) is 0 Å². The molecular weight excluding hydrogens is 238 g/mol. The predicted octanol–water partition coefficient (Wildman–Crippen LogP) is 4.12. The minimum atomic E-state index is -1.20. The topological polar surface area (TPSA) is 16.4 Å². The van der Waals surface area contributed by atoms with Gasteiger partial charge < -0.3 is 9.32 Å². The molecular formula is C15H27NOSi. The average Bonchev–Trinajstić information content (AvgIpc) is 2.82. The zero-order valence-electron chi connectivity index (χ0n) is 12.1. The van der Waals surface area contributed by atoms with Crippen molar-refractivity contribution in [2.24, 2.45) is 0 Å². The molecule has 0 spiro atoms. The molecule has 3 heteroatoms. The van der Waals surface area contributed by atoms with Gasteiger partial charge in [0.1, 0.15) is 5.76 Å². The molecule has 0 amide bonds. The van der Waals surface area contributed by atoms with Crippen molar-refractivity contribution >= 4 is 8.07 Å². The number of rotatable bonds is 5. The highest BCUT2D eigenvalue weighted by molar-refractivity contribution is 6.77. The fourth-order valence-electron chi connectivity index (χ4n) is 2.99. The lowest BCUT2D eigenvalue weighted by atomic mass is 10.1. The van der Waals surface area contributed by atoms with E-state index in [2.05, 4.69) is 30.6 Å². The normalized spacial score (nSPS) is 19.9. The molecule has 0 N–H and O–H groups in total. The molecule has 102 valence electrons. The Morgan fingerprint density at radius 3 is 2.50 bits per heavy atom. The highest BCUT2D eigenvalue weighted by atomic mass is 28.3. The van der Waals surface area contributed by atoms with Crippen LogP contribution in [0.4, 0.5) is 0 Å². The molecule has 1 aromatic heterocycles. The fourth-order valence-corrected chi connectivity index (χ4v) is 5.00. The van der Waals surface area contributed by atoms with Gasteiger partial charge >= 0.3 is 0 Å². The molecule has 1 aliphatic heterocycles. The molecule has 1 aromatic rings. The van der Waals surface area contributed by atoms with E-state index in [4.69, 9.17) is 4.42 Å². The van der Waals surface area contributed by atoms with E-state index in [1.807, 2.05) is 12.3 Å². The van der Waals surface area contributed by atoms with E-state index in [1.165, 1.54) is 51.1 Å². The van der Waals surface area contributed by atoms with Crippen LogP contribution in [-0.4, -0.2) is 32.6 Å². The summed E-state index contributed by atoms with van der Waals surface area (Å²) in [5.41, 5.74) is 0.662. The van der Waals surface area contributed by atoms with Crippen LogP contribution < -0.4 is 0 Å². The molecule has 18 heavy (non-hydrogen) atoms. The van der Waals surface area contributed by atoms with Crippen LogP contribution >= 0.6 is 0 Å². The van der Waals surface area contributed by atoms with E-state index in [-0.39, 0.29) is 0 Å². The van der Waals surface area contributed by atoms with Crippen molar-refractivity contribution in [3.05, 3.63) is 24.2 Å². The fraction of sp³-hybridized carbons (Fsp3) is 0.733. The predicted molar refractivity (Wildman–Crippen MR) is 79.7 cm³/mol. The number of hydrogen-bond acceptors (Lipinski definition) is 2. The standard InChI is InChI=1S/C15H27NOSi/c1-18(2,3)15(14-8-7-13-17-14)9-12-16-10-5-4-6-11-16/h7-8,13,15H,4-6,9-12H2,1-3H3. The van der Waals surface area contributed by atoms with Crippen LogP contribution in [0.15, 0.2) is 22.8 Å². The van der Waals surface area contributed by atoms with Crippen molar-refractivity contribution in [3.63, 3.8) is 0 Å². The summed E-state index contributed by atoms with van der Waals surface area (Å²) in [6.07, 6.45) is 7.29. The second kappa shape index (κ2) is 6.07. The van der Waals surface area contributed by atoms with E-state index in [0.717, 1.165) is 0 Å². The van der Waals surface area contributed by atoms with Crippen LogP contribution in [0, 0.1) is 0 Å². The number of furan rings is 1. The Bertz CT molecular complexity index is 336. The van der Waals surface area contributed by atoms with Crippen LogP contribution in [0.1, 0.15) is 37.0 Å². The lowest BCUT2D eigenvalue weighted by Gasteiger charge is -2.32. The third kappa shape index (κ3) is 3.72. The Hall–Kier alpha value is -0.543. The Balaban J connectivity index is 1.93. The van der Waals surface area contributed by atoms with Gasteiger partial charge in [0.15, 0.2) is 0 Å². The second-order valence-corrected chi connectivity index (χ2v) is 12.1. The zero-order chi connectivity index (χ0) is 13.0. The van der Waals surface area contributed by atoms with Crippen molar-refractivity contribution in [3.8, 4) is 0 Å². The van der Waals surface area contributed by atoms with Gasteiger partial charge in [-0.3, -0.25) is 0 Å². The van der Waals surface area contributed by atoms with E-state index in [0.29, 0.717) is 5.54 Å². The summed E-state index contributed by atoms with van der Waals surface area (Å²) in [6.45, 7) is 11.2. The van der Waals surface area contributed by atoms with Gasteiger partial charge in [0, 0.05) is 5.54 Å². The van der Waals surface area contributed by atoms with Gasteiger partial charge in [-0.25, -0.2) is 0 Å². The molecule has 2 rings (SSSR count).